The smallest absolute Gasteiger partial charge is 0.161 e. The van der Waals surface area contributed by atoms with E-state index in [1.54, 1.807) is 11.8 Å². The van der Waals surface area contributed by atoms with Crippen LogP contribution in [0.2, 0.25) is 0 Å². The van der Waals surface area contributed by atoms with Crippen LogP contribution in [0.1, 0.15) is 12.8 Å². The molecule has 0 heterocycles. The summed E-state index contributed by atoms with van der Waals surface area (Å²) in [5.41, 5.74) is 0. The number of alkyl halides is 3. The van der Waals surface area contributed by atoms with Crippen molar-refractivity contribution in [1.82, 2.24) is 0 Å². The van der Waals surface area contributed by atoms with E-state index >= 15 is 0 Å². The molecule has 0 aromatic heterocycles. The Bertz CT molecular complexity index is 163. The zero-order chi connectivity index (χ0) is 9.45. The Morgan fingerprint density at radius 1 is 1.25 bits per heavy atom. The fourth-order valence-corrected chi connectivity index (χ4v) is 1.14. The van der Waals surface area contributed by atoms with Crippen molar-refractivity contribution in [3.8, 4) is 11.8 Å². The highest BCUT2D eigenvalue weighted by molar-refractivity contribution is 7.99. The number of rotatable bonds is 4. The zero-order valence-electron chi connectivity index (χ0n) is 6.58. The summed E-state index contributed by atoms with van der Waals surface area (Å²) in [6.45, 7) is 3.61. The molecule has 4 heteroatoms. The Kier molecular flexibility index (Phi) is 6.09. The van der Waals surface area contributed by atoms with Crippen molar-refractivity contribution in [1.29, 1.82) is 0 Å². The van der Waals surface area contributed by atoms with Gasteiger partial charge in [-0.05, 0) is 12.2 Å². The Morgan fingerprint density at radius 2 is 1.92 bits per heavy atom. The second-order valence-electron chi connectivity index (χ2n) is 2.02. The van der Waals surface area contributed by atoms with Gasteiger partial charge in [0, 0.05) is 18.1 Å². The highest BCUT2D eigenvalue weighted by Crippen LogP contribution is 2.12. The Balaban J connectivity index is 3.34. The van der Waals surface area contributed by atoms with Crippen LogP contribution < -0.4 is 0 Å². The maximum atomic E-state index is 11.4. The van der Waals surface area contributed by atoms with E-state index in [4.69, 9.17) is 0 Å². The number of hydrogen-bond acceptors (Lipinski definition) is 1. The van der Waals surface area contributed by atoms with Crippen molar-refractivity contribution in [2.24, 2.45) is 0 Å². The Hall–Kier alpha value is -0.300. The van der Waals surface area contributed by atoms with Gasteiger partial charge in [0.25, 0.3) is 0 Å². The third-order valence-electron chi connectivity index (χ3n) is 0.890. The quantitative estimate of drug-likeness (QED) is 0.491. The summed E-state index contributed by atoms with van der Waals surface area (Å²) in [6.07, 6.45) is -3.24. The van der Waals surface area contributed by atoms with Crippen LogP contribution in [-0.2, 0) is 0 Å². The van der Waals surface area contributed by atoms with Crippen LogP contribution in [0, 0.1) is 18.8 Å². The molecule has 0 aliphatic rings. The van der Waals surface area contributed by atoms with Crippen LogP contribution in [0.15, 0.2) is 0 Å². The molecular weight excluding hydrogens is 185 g/mol. The molecule has 12 heavy (non-hydrogen) atoms. The summed E-state index contributed by atoms with van der Waals surface area (Å²) in [7, 11) is 0. The highest BCUT2D eigenvalue weighted by Gasteiger charge is 2.22. The average molecular weight is 195 g/mol. The van der Waals surface area contributed by atoms with Crippen LogP contribution in [0.4, 0.5) is 13.2 Å². The molecule has 0 saturated carbocycles. The molecule has 0 fully saturated rings. The Labute approximate surface area is 74.9 Å². The van der Waals surface area contributed by atoms with Gasteiger partial charge in [0.15, 0.2) is 0 Å². The molecule has 0 aliphatic heterocycles. The summed E-state index contributed by atoms with van der Waals surface area (Å²) in [4.78, 5) is 0. The first-order chi connectivity index (χ1) is 5.56. The third kappa shape index (κ3) is 9.70. The van der Waals surface area contributed by atoms with Gasteiger partial charge in [-0.2, -0.15) is 24.9 Å². The van der Waals surface area contributed by atoms with E-state index in [0.29, 0.717) is 12.2 Å². The number of hydrogen-bond donors (Lipinski definition) is 0. The van der Waals surface area contributed by atoms with Crippen LogP contribution in [0.5, 0.6) is 0 Å². The van der Waals surface area contributed by atoms with E-state index in [1.165, 1.54) is 5.92 Å². The molecule has 0 atom stereocenters. The topological polar surface area (TPSA) is 0 Å². The van der Waals surface area contributed by atoms with E-state index in [0.717, 1.165) is 12.2 Å². The van der Waals surface area contributed by atoms with Crippen molar-refractivity contribution in [3.05, 3.63) is 6.92 Å². The lowest BCUT2D eigenvalue weighted by Crippen LogP contribution is -2.01. The van der Waals surface area contributed by atoms with E-state index in [-0.39, 0.29) is 0 Å². The Morgan fingerprint density at radius 3 is 2.42 bits per heavy atom. The van der Waals surface area contributed by atoms with Gasteiger partial charge in [-0.15, -0.1) is 0 Å². The van der Waals surface area contributed by atoms with Crippen molar-refractivity contribution in [2.45, 2.75) is 19.0 Å². The maximum Gasteiger partial charge on any atom is 0.457 e. The van der Waals surface area contributed by atoms with E-state index < -0.39 is 6.18 Å². The molecule has 0 unspecified atom stereocenters. The summed E-state index contributed by atoms with van der Waals surface area (Å²) in [5, 5.41) is 0. The normalized spacial score (nSPS) is 10.7. The van der Waals surface area contributed by atoms with Crippen LogP contribution >= 0.6 is 11.8 Å². The minimum atomic E-state index is -4.34. The SMILES string of the molecule is [CH2]CCSCCC#CC(F)(F)F. The van der Waals surface area contributed by atoms with Crippen LogP contribution in [0.3, 0.4) is 0 Å². The average Bonchev–Trinajstić information content (AvgIpc) is 1.94. The first-order valence-electron chi connectivity index (χ1n) is 3.50. The monoisotopic (exact) mass is 195 g/mol. The van der Waals surface area contributed by atoms with Gasteiger partial charge in [0.05, 0.1) is 0 Å². The minimum absolute atomic E-state index is 0.296. The predicted octanol–water partition coefficient (Wildman–Crippen LogP) is 2.90. The standard InChI is InChI=1S/C8H10F3S/c1-2-6-12-7-4-3-5-8(9,10)11/h1-2,4,6-7H2. The van der Waals surface area contributed by atoms with Gasteiger partial charge in [0.1, 0.15) is 0 Å². The first kappa shape index (κ1) is 11.7. The van der Waals surface area contributed by atoms with Gasteiger partial charge < -0.3 is 0 Å². The predicted molar refractivity (Wildman–Crippen MR) is 45.7 cm³/mol. The molecule has 0 amide bonds. The molecule has 0 spiro atoms. The fraction of sp³-hybridized carbons (Fsp3) is 0.625. The largest absolute Gasteiger partial charge is 0.457 e. The fourth-order valence-electron chi connectivity index (χ4n) is 0.490. The molecule has 0 aliphatic carbocycles. The van der Waals surface area contributed by atoms with Crippen molar-refractivity contribution in [3.63, 3.8) is 0 Å². The molecule has 69 valence electrons. The van der Waals surface area contributed by atoms with Gasteiger partial charge in [0.2, 0.25) is 0 Å². The summed E-state index contributed by atoms with van der Waals surface area (Å²) < 4.78 is 34.3. The molecule has 0 rings (SSSR count). The first-order valence-corrected chi connectivity index (χ1v) is 4.65. The van der Waals surface area contributed by atoms with Crippen LogP contribution in [-0.4, -0.2) is 17.7 Å². The number of thioether (sulfide) groups is 1. The van der Waals surface area contributed by atoms with E-state index in [2.05, 4.69) is 12.8 Å². The molecule has 1 radical (unpaired) electrons. The van der Waals surface area contributed by atoms with Crippen molar-refractivity contribution < 1.29 is 13.2 Å². The lowest BCUT2D eigenvalue weighted by atomic mass is 10.4. The molecule has 0 aromatic rings. The summed E-state index contributed by atoms with van der Waals surface area (Å²) >= 11 is 1.57. The van der Waals surface area contributed by atoms with Gasteiger partial charge in [-0.1, -0.05) is 12.8 Å². The van der Waals surface area contributed by atoms with Gasteiger partial charge in [-0.25, -0.2) is 0 Å². The van der Waals surface area contributed by atoms with Gasteiger partial charge in [-0.3, -0.25) is 0 Å². The number of halogens is 3. The molecule has 0 bridgehead atoms. The van der Waals surface area contributed by atoms with Crippen molar-refractivity contribution >= 4 is 11.8 Å². The molecule has 0 saturated heterocycles. The second-order valence-corrected chi connectivity index (χ2v) is 3.24. The van der Waals surface area contributed by atoms with E-state index in [1.807, 2.05) is 0 Å². The maximum absolute atomic E-state index is 11.4. The summed E-state index contributed by atoms with van der Waals surface area (Å²) in [5.74, 6) is 4.82. The zero-order valence-corrected chi connectivity index (χ0v) is 7.39. The lowest BCUT2D eigenvalue weighted by molar-refractivity contribution is -0.0697. The molecule has 0 aromatic carbocycles. The summed E-state index contributed by atoms with van der Waals surface area (Å²) in [6, 6.07) is 0. The third-order valence-corrected chi connectivity index (χ3v) is 1.96. The second kappa shape index (κ2) is 6.24. The lowest BCUT2D eigenvalue weighted by Gasteiger charge is -1.94. The van der Waals surface area contributed by atoms with Crippen molar-refractivity contribution in [2.75, 3.05) is 11.5 Å². The van der Waals surface area contributed by atoms with E-state index in [9.17, 15) is 13.2 Å². The minimum Gasteiger partial charge on any atom is -0.161 e. The van der Waals surface area contributed by atoms with Gasteiger partial charge >= 0.3 is 6.18 Å². The van der Waals surface area contributed by atoms with Crippen LogP contribution in [0.25, 0.3) is 0 Å². The molecule has 0 nitrogen and oxygen atoms in total. The molecular formula is C8H10F3S. The highest BCUT2D eigenvalue weighted by atomic mass is 32.2. The molecule has 0 N–H and O–H groups in total.